The number of carboxylic acids is 1. The number of hydrogen-bond donors (Lipinski definition) is 2. The standard InChI is InChI=1S/C24H32ClN7O2/c1-23(2,32-5-3-31(4-6-32)19-9-18(25)28-14-29-19)21(27-13-26)30-20-16-7-15-8-17(20)12-24(10-15,11-16)22(33)34/h9,14-17,20H,3-8,10-12H2,1-2H3,(H,27,30)(H,33,34). The van der Waals surface area contributed by atoms with Crippen LogP contribution < -0.4 is 10.2 Å². The number of aliphatic imine (C=N–C) groups is 1. The first-order valence-corrected chi connectivity index (χ1v) is 12.5. The van der Waals surface area contributed by atoms with E-state index < -0.39 is 16.9 Å². The Kier molecular flexibility index (Phi) is 5.93. The van der Waals surface area contributed by atoms with Crippen LogP contribution in [0.3, 0.4) is 0 Å². The summed E-state index contributed by atoms with van der Waals surface area (Å²) in [7, 11) is 0. The van der Waals surface area contributed by atoms with E-state index >= 15 is 0 Å². The number of nitriles is 1. The van der Waals surface area contributed by atoms with Crippen molar-refractivity contribution in [2.45, 2.75) is 57.5 Å². The molecule has 2 unspecified atom stereocenters. The van der Waals surface area contributed by atoms with Gasteiger partial charge in [-0.1, -0.05) is 11.6 Å². The van der Waals surface area contributed by atoms with Gasteiger partial charge < -0.3 is 10.0 Å². The third-order valence-electron chi connectivity index (χ3n) is 8.72. The Morgan fingerprint density at radius 3 is 2.50 bits per heavy atom. The Hall–Kier alpha value is -2.44. The number of nitrogens with zero attached hydrogens (tertiary/aromatic N) is 6. The molecule has 9 nitrogen and oxygen atoms in total. The van der Waals surface area contributed by atoms with E-state index in [9.17, 15) is 15.2 Å². The Bertz CT molecular complexity index is 1010. The molecular weight excluding hydrogens is 454 g/mol. The molecule has 10 heteroatoms. The predicted molar refractivity (Wildman–Crippen MR) is 129 cm³/mol. The van der Waals surface area contributed by atoms with Crippen LogP contribution in [0.4, 0.5) is 5.82 Å². The van der Waals surface area contributed by atoms with Crippen molar-refractivity contribution in [2.75, 3.05) is 31.1 Å². The minimum Gasteiger partial charge on any atom is -0.481 e. The maximum absolute atomic E-state index is 12.1. The first-order chi connectivity index (χ1) is 16.2. The van der Waals surface area contributed by atoms with Gasteiger partial charge in [0.05, 0.1) is 17.0 Å². The lowest BCUT2D eigenvalue weighted by atomic mass is 9.48. The van der Waals surface area contributed by atoms with Crippen LogP contribution in [-0.4, -0.2) is 69.5 Å². The highest BCUT2D eigenvalue weighted by Gasteiger charge is 2.59. The van der Waals surface area contributed by atoms with Crippen LogP contribution in [0, 0.1) is 34.6 Å². The molecule has 182 valence electrons. The Labute approximate surface area is 205 Å². The number of hydrogen-bond acceptors (Lipinski definition) is 7. The number of amidine groups is 1. The lowest BCUT2D eigenvalue weighted by molar-refractivity contribution is -0.166. The van der Waals surface area contributed by atoms with Crippen molar-refractivity contribution in [3.05, 3.63) is 17.5 Å². The van der Waals surface area contributed by atoms with E-state index in [1.165, 1.54) is 6.33 Å². The second-order valence-electron chi connectivity index (χ2n) is 11.0. The molecule has 5 aliphatic rings. The predicted octanol–water partition coefficient (Wildman–Crippen LogP) is 2.78. The molecule has 0 radical (unpaired) electrons. The van der Waals surface area contributed by atoms with Crippen molar-refractivity contribution in [3.63, 3.8) is 0 Å². The third kappa shape index (κ3) is 4.01. The first-order valence-electron chi connectivity index (χ1n) is 12.2. The third-order valence-corrected chi connectivity index (χ3v) is 8.93. The lowest BCUT2D eigenvalue weighted by Gasteiger charge is -2.57. The van der Waals surface area contributed by atoms with E-state index in [0.717, 1.165) is 51.3 Å². The fourth-order valence-corrected chi connectivity index (χ4v) is 7.30. The average molecular weight is 486 g/mol. The second kappa shape index (κ2) is 8.65. The zero-order valence-corrected chi connectivity index (χ0v) is 20.5. The number of nitrogens with one attached hydrogen (secondary N) is 1. The highest BCUT2D eigenvalue weighted by molar-refractivity contribution is 6.29. The van der Waals surface area contributed by atoms with Crippen molar-refractivity contribution in [3.8, 4) is 6.19 Å². The molecule has 1 saturated heterocycles. The van der Waals surface area contributed by atoms with Gasteiger partial charge in [0, 0.05) is 32.2 Å². The van der Waals surface area contributed by atoms with Gasteiger partial charge in [0.15, 0.2) is 6.19 Å². The molecule has 4 saturated carbocycles. The molecule has 2 atom stereocenters. The molecule has 6 rings (SSSR count). The van der Waals surface area contributed by atoms with Gasteiger partial charge in [0.1, 0.15) is 23.1 Å². The maximum atomic E-state index is 12.1. The van der Waals surface area contributed by atoms with Gasteiger partial charge in [-0.25, -0.2) is 9.97 Å². The van der Waals surface area contributed by atoms with Crippen LogP contribution in [0.15, 0.2) is 17.4 Å². The number of carbonyl (C=O) groups is 1. The SMILES string of the molecule is CC(C)(C(=NC1C2CC3CC1CC(C(=O)O)(C3)C2)NC#N)N1CCN(c2cc(Cl)ncn2)CC1. The maximum Gasteiger partial charge on any atom is 0.309 e. The summed E-state index contributed by atoms with van der Waals surface area (Å²) in [4.78, 5) is 30.1. The monoisotopic (exact) mass is 485 g/mol. The first kappa shape index (κ1) is 23.3. The van der Waals surface area contributed by atoms with E-state index in [4.69, 9.17) is 16.6 Å². The lowest BCUT2D eigenvalue weighted by Crippen LogP contribution is -2.61. The van der Waals surface area contributed by atoms with Crippen LogP contribution in [-0.2, 0) is 4.79 Å². The van der Waals surface area contributed by atoms with Crippen LogP contribution in [0.1, 0.15) is 46.0 Å². The van der Waals surface area contributed by atoms with Gasteiger partial charge in [-0.05, 0) is 63.7 Å². The van der Waals surface area contributed by atoms with Gasteiger partial charge in [0.2, 0.25) is 0 Å². The van der Waals surface area contributed by atoms with Crippen LogP contribution >= 0.6 is 11.6 Å². The van der Waals surface area contributed by atoms with Crippen LogP contribution in [0.5, 0.6) is 0 Å². The summed E-state index contributed by atoms with van der Waals surface area (Å²) in [5.74, 6) is 1.95. The van der Waals surface area contributed by atoms with Gasteiger partial charge >= 0.3 is 5.97 Å². The fraction of sp³-hybridized carbons (Fsp3) is 0.708. The largest absolute Gasteiger partial charge is 0.481 e. The molecule has 1 aliphatic heterocycles. The van der Waals surface area contributed by atoms with Gasteiger partial charge in [-0.2, -0.15) is 5.26 Å². The molecule has 5 fully saturated rings. The summed E-state index contributed by atoms with van der Waals surface area (Å²) >= 11 is 6.04. The summed E-state index contributed by atoms with van der Waals surface area (Å²) in [6.45, 7) is 7.39. The summed E-state index contributed by atoms with van der Waals surface area (Å²) < 4.78 is 0. The molecule has 0 spiro atoms. The molecule has 2 N–H and O–H groups in total. The van der Waals surface area contributed by atoms with Crippen molar-refractivity contribution >= 4 is 29.2 Å². The van der Waals surface area contributed by atoms with E-state index in [0.29, 0.717) is 29.7 Å². The summed E-state index contributed by atoms with van der Waals surface area (Å²) in [5.41, 5.74) is -1.01. The zero-order valence-electron chi connectivity index (χ0n) is 19.7. The Morgan fingerprint density at radius 2 is 1.91 bits per heavy atom. The highest BCUT2D eigenvalue weighted by Crippen LogP contribution is 2.61. The number of halogens is 1. The van der Waals surface area contributed by atoms with Crippen molar-refractivity contribution in [1.29, 1.82) is 5.26 Å². The fourth-order valence-electron chi connectivity index (χ4n) is 7.16. The van der Waals surface area contributed by atoms with Gasteiger partial charge in [-0.3, -0.25) is 20.0 Å². The summed E-state index contributed by atoms with van der Waals surface area (Å²) in [5, 5.41) is 22.8. The number of piperazine rings is 1. The minimum absolute atomic E-state index is 0.0867. The van der Waals surface area contributed by atoms with E-state index in [1.807, 2.05) is 0 Å². The van der Waals surface area contributed by atoms with Gasteiger partial charge in [0.25, 0.3) is 0 Å². The molecule has 4 aliphatic carbocycles. The normalized spacial score (nSPS) is 33.6. The molecule has 34 heavy (non-hydrogen) atoms. The molecular formula is C24H32ClN7O2. The highest BCUT2D eigenvalue weighted by atomic mass is 35.5. The molecule has 0 amide bonds. The van der Waals surface area contributed by atoms with Crippen molar-refractivity contribution < 1.29 is 9.90 Å². The molecule has 2 heterocycles. The number of anilines is 1. The van der Waals surface area contributed by atoms with Crippen molar-refractivity contribution in [1.82, 2.24) is 20.2 Å². The minimum atomic E-state index is -0.632. The van der Waals surface area contributed by atoms with E-state index in [1.54, 1.807) is 6.07 Å². The van der Waals surface area contributed by atoms with Crippen molar-refractivity contribution in [2.24, 2.45) is 28.2 Å². The molecule has 0 aromatic carbocycles. The van der Waals surface area contributed by atoms with E-state index in [-0.39, 0.29) is 17.9 Å². The van der Waals surface area contributed by atoms with Crippen LogP contribution in [0.2, 0.25) is 5.15 Å². The van der Waals surface area contributed by atoms with Gasteiger partial charge in [-0.15, -0.1) is 0 Å². The molecule has 1 aromatic heterocycles. The zero-order chi connectivity index (χ0) is 24.1. The molecule has 1 aromatic rings. The Morgan fingerprint density at radius 1 is 1.24 bits per heavy atom. The number of aromatic nitrogens is 2. The number of carboxylic acid groups (broad SMARTS) is 1. The number of rotatable bonds is 5. The average Bonchev–Trinajstić information content (AvgIpc) is 2.80. The number of aliphatic carboxylic acids is 1. The summed E-state index contributed by atoms with van der Waals surface area (Å²) in [6, 6.07) is 1.87. The summed E-state index contributed by atoms with van der Waals surface area (Å²) in [6.07, 6.45) is 7.95. The molecule has 4 bridgehead atoms. The quantitative estimate of drug-likeness (QED) is 0.215. The Balaban J connectivity index is 1.33. The van der Waals surface area contributed by atoms with E-state index in [2.05, 4.69) is 45.1 Å². The second-order valence-corrected chi connectivity index (χ2v) is 11.4. The smallest absolute Gasteiger partial charge is 0.309 e. The topological polar surface area (TPSA) is 118 Å². The van der Waals surface area contributed by atoms with Crippen LogP contribution in [0.25, 0.3) is 0 Å².